The van der Waals surface area contributed by atoms with E-state index in [4.69, 9.17) is 4.74 Å². The van der Waals surface area contributed by atoms with Crippen LogP contribution in [0.3, 0.4) is 0 Å². The molecule has 0 unspecified atom stereocenters. The molecule has 25 heavy (non-hydrogen) atoms. The van der Waals surface area contributed by atoms with Gasteiger partial charge in [-0.25, -0.2) is 4.99 Å². The largest absolute Gasteiger partial charge is 0.497 e. The summed E-state index contributed by atoms with van der Waals surface area (Å²) in [4.78, 5) is 6.47. The standard InChI is InChI=1S/C21H21N3O/c1-4-20(17-8-6-5-7-9-17)24-15-14-22-21(16(24)2)23-18-10-12-19(25-3)13-11-18/h4-15H,2H2,1,3H3,(H,22,23)/b20-4-. The molecule has 1 aliphatic rings. The molecule has 1 N–H and O–H groups in total. The zero-order valence-corrected chi connectivity index (χ0v) is 14.4. The van der Waals surface area contributed by atoms with Crippen molar-refractivity contribution >= 4 is 17.2 Å². The van der Waals surface area contributed by atoms with Crippen LogP contribution >= 0.6 is 0 Å². The lowest BCUT2D eigenvalue weighted by Crippen LogP contribution is -2.28. The Bertz CT molecular complexity index is 833. The Balaban J connectivity index is 1.81. The summed E-state index contributed by atoms with van der Waals surface area (Å²) in [6.45, 7) is 6.24. The molecule has 0 aromatic heterocycles. The first-order chi connectivity index (χ1) is 12.2. The van der Waals surface area contributed by atoms with Crippen molar-refractivity contribution in [2.75, 3.05) is 12.4 Å². The summed E-state index contributed by atoms with van der Waals surface area (Å²) in [7, 11) is 1.65. The van der Waals surface area contributed by atoms with Crippen LogP contribution in [0.15, 0.2) is 90.3 Å². The molecule has 0 atom stereocenters. The minimum absolute atomic E-state index is 0.711. The van der Waals surface area contributed by atoms with Crippen LogP contribution in [-0.4, -0.2) is 17.8 Å². The Morgan fingerprint density at radius 3 is 2.48 bits per heavy atom. The highest BCUT2D eigenvalue weighted by Gasteiger charge is 2.19. The van der Waals surface area contributed by atoms with Gasteiger partial charge in [-0.2, -0.15) is 0 Å². The zero-order chi connectivity index (χ0) is 17.6. The Kier molecular flexibility index (Phi) is 5.00. The summed E-state index contributed by atoms with van der Waals surface area (Å²) in [5.41, 5.74) is 3.90. The minimum atomic E-state index is 0.711. The number of nitrogens with one attached hydrogen (secondary N) is 1. The van der Waals surface area contributed by atoms with Gasteiger partial charge in [0.25, 0.3) is 0 Å². The number of rotatable bonds is 4. The Morgan fingerprint density at radius 1 is 1.12 bits per heavy atom. The summed E-state index contributed by atoms with van der Waals surface area (Å²) < 4.78 is 5.19. The Labute approximate surface area is 148 Å². The van der Waals surface area contributed by atoms with E-state index < -0.39 is 0 Å². The number of nitrogens with zero attached hydrogens (tertiary/aromatic N) is 2. The number of benzene rings is 2. The molecule has 0 aliphatic carbocycles. The van der Waals surface area contributed by atoms with Gasteiger partial charge < -0.3 is 15.0 Å². The molecule has 4 heteroatoms. The number of hydrogen-bond acceptors (Lipinski definition) is 4. The molecule has 0 radical (unpaired) electrons. The first-order valence-electron chi connectivity index (χ1n) is 8.08. The predicted molar refractivity (Wildman–Crippen MR) is 104 cm³/mol. The van der Waals surface area contributed by atoms with Gasteiger partial charge in [0.15, 0.2) is 5.84 Å². The highest BCUT2D eigenvalue weighted by molar-refractivity contribution is 6.09. The molecule has 0 amide bonds. The Morgan fingerprint density at radius 2 is 1.84 bits per heavy atom. The lowest BCUT2D eigenvalue weighted by atomic mass is 10.1. The summed E-state index contributed by atoms with van der Waals surface area (Å²) in [5.74, 6) is 1.53. The fourth-order valence-electron chi connectivity index (χ4n) is 2.65. The van der Waals surface area contributed by atoms with Gasteiger partial charge in [-0.15, -0.1) is 0 Å². The van der Waals surface area contributed by atoms with Crippen LogP contribution in [-0.2, 0) is 0 Å². The monoisotopic (exact) mass is 331 g/mol. The van der Waals surface area contributed by atoms with E-state index in [2.05, 4.69) is 35.1 Å². The molecule has 3 rings (SSSR count). The van der Waals surface area contributed by atoms with Crippen molar-refractivity contribution in [1.29, 1.82) is 0 Å². The molecule has 0 spiro atoms. The average molecular weight is 331 g/mol. The fourth-order valence-corrected chi connectivity index (χ4v) is 2.65. The van der Waals surface area contributed by atoms with E-state index in [9.17, 15) is 0 Å². The van der Waals surface area contributed by atoms with Crippen LogP contribution in [0.4, 0.5) is 5.69 Å². The molecule has 0 saturated carbocycles. The fraction of sp³-hybridized carbons (Fsp3) is 0.0952. The third-order valence-electron chi connectivity index (χ3n) is 3.94. The van der Waals surface area contributed by atoms with Gasteiger partial charge in [0, 0.05) is 23.8 Å². The summed E-state index contributed by atoms with van der Waals surface area (Å²) in [5, 5.41) is 3.32. The second-order valence-corrected chi connectivity index (χ2v) is 5.49. The minimum Gasteiger partial charge on any atom is -0.497 e. The molecule has 1 heterocycles. The van der Waals surface area contributed by atoms with Crippen molar-refractivity contribution in [3.8, 4) is 5.75 Å². The average Bonchev–Trinajstić information content (AvgIpc) is 2.67. The molecule has 2 aromatic carbocycles. The van der Waals surface area contributed by atoms with Crippen molar-refractivity contribution in [1.82, 2.24) is 4.90 Å². The van der Waals surface area contributed by atoms with Crippen molar-refractivity contribution in [3.63, 3.8) is 0 Å². The van der Waals surface area contributed by atoms with E-state index in [1.165, 1.54) is 0 Å². The molecule has 126 valence electrons. The number of amidine groups is 1. The van der Waals surface area contributed by atoms with Crippen molar-refractivity contribution in [3.05, 3.63) is 90.9 Å². The van der Waals surface area contributed by atoms with E-state index in [1.54, 1.807) is 13.3 Å². The zero-order valence-electron chi connectivity index (χ0n) is 14.4. The lowest BCUT2D eigenvalue weighted by molar-refractivity contribution is 0.415. The van der Waals surface area contributed by atoms with Gasteiger partial charge in [-0.1, -0.05) is 43.0 Å². The van der Waals surface area contributed by atoms with E-state index in [0.29, 0.717) is 5.84 Å². The second-order valence-electron chi connectivity index (χ2n) is 5.49. The predicted octanol–water partition coefficient (Wildman–Crippen LogP) is 4.87. The molecule has 0 fully saturated rings. The molecule has 0 bridgehead atoms. The van der Waals surface area contributed by atoms with Crippen LogP contribution in [0.25, 0.3) is 5.70 Å². The summed E-state index contributed by atoms with van der Waals surface area (Å²) in [6, 6.07) is 17.9. The quantitative estimate of drug-likeness (QED) is 0.868. The summed E-state index contributed by atoms with van der Waals surface area (Å²) >= 11 is 0. The van der Waals surface area contributed by atoms with Gasteiger partial charge in [-0.3, -0.25) is 0 Å². The van der Waals surface area contributed by atoms with Crippen molar-refractivity contribution in [2.24, 2.45) is 4.99 Å². The molecular formula is C21H21N3O. The van der Waals surface area contributed by atoms with E-state index in [0.717, 1.165) is 28.4 Å². The first-order valence-corrected chi connectivity index (χ1v) is 8.08. The van der Waals surface area contributed by atoms with Crippen LogP contribution < -0.4 is 10.1 Å². The van der Waals surface area contributed by atoms with E-state index in [-0.39, 0.29) is 0 Å². The normalized spacial score (nSPS) is 14.3. The van der Waals surface area contributed by atoms with Crippen LogP contribution in [0.1, 0.15) is 12.5 Å². The van der Waals surface area contributed by atoms with Crippen molar-refractivity contribution < 1.29 is 4.74 Å². The van der Waals surface area contributed by atoms with Crippen LogP contribution in [0.2, 0.25) is 0 Å². The highest BCUT2D eigenvalue weighted by Crippen LogP contribution is 2.27. The van der Waals surface area contributed by atoms with Gasteiger partial charge in [0.2, 0.25) is 0 Å². The summed E-state index contributed by atoms with van der Waals surface area (Å²) in [6.07, 6.45) is 5.76. The lowest BCUT2D eigenvalue weighted by Gasteiger charge is -2.29. The van der Waals surface area contributed by atoms with E-state index >= 15 is 0 Å². The van der Waals surface area contributed by atoms with Gasteiger partial charge >= 0.3 is 0 Å². The SMILES string of the molecule is C=C1C(Nc2ccc(OC)cc2)=NC=CN1/C(=C\C)c1ccccc1. The Hall–Kier alpha value is -3.27. The number of hydrogen-bond donors (Lipinski definition) is 1. The molecule has 0 saturated heterocycles. The maximum Gasteiger partial charge on any atom is 0.154 e. The smallest absolute Gasteiger partial charge is 0.154 e. The van der Waals surface area contributed by atoms with Crippen molar-refractivity contribution in [2.45, 2.75) is 6.92 Å². The van der Waals surface area contributed by atoms with Crippen LogP contribution in [0, 0.1) is 0 Å². The topological polar surface area (TPSA) is 36.9 Å². The third kappa shape index (κ3) is 3.63. The second kappa shape index (κ2) is 7.53. The van der Waals surface area contributed by atoms with Gasteiger partial charge in [-0.05, 0) is 36.8 Å². The number of methoxy groups -OCH3 is 1. The van der Waals surface area contributed by atoms with Crippen LogP contribution in [0.5, 0.6) is 5.75 Å². The number of allylic oxidation sites excluding steroid dienone is 1. The van der Waals surface area contributed by atoms with Gasteiger partial charge in [0.05, 0.1) is 12.8 Å². The molecule has 4 nitrogen and oxygen atoms in total. The third-order valence-corrected chi connectivity index (χ3v) is 3.94. The van der Waals surface area contributed by atoms with E-state index in [1.807, 2.05) is 60.5 Å². The molecular weight excluding hydrogens is 310 g/mol. The molecule has 2 aromatic rings. The maximum atomic E-state index is 5.19. The maximum absolute atomic E-state index is 5.19. The number of ether oxygens (including phenoxy) is 1. The number of aliphatic imine (C=N–C) groups is 1. The molecule has 1 aliphatic heterocycles. The number of anilines is 1. The van der Waals surface area contributed by atoms with Gasteiger partial charge in [0.1, 0.15) is 5.75 Å². The first kappa shape index (κ1) is 16.6. The highest BCUT2D eigenvalue weighted by atomic mass is 16.5.